The SMILES string of the molecule is CCOC(=O)c1csc(CN(C(=O)C23CC4CC(CC(C4)C2)C3)C(C)C)n1. The lowest BCUT2D eigenvalue weighted by molar-refractivity contribution is -0.160. The summed E-state index contributed by atoms with van der Waals surface area (Å²) in [6, 6.07) is 0.125. The molecule has 6 heteroatoms. The van der Waals surface area contributed by atoms with E-state index < -0.39 is 0 Å². The first-order valence-electron chi connectivity index (χ1n) is 10.3. The molecule has 4 fully saturated rings. The van der Waals surface area contributed by atoms with Crippen molar-refractivity contribution in [3.05, 3.63) is 16.1 Å². The number of carbonyl (C=O) groups is 2. The number of aromatic nitrogens is 1. The summed E-state index contributed by atoms with van der Waals surface area (Å²) in [5.41, 5.74) is 0.211. The van der Waals surface area contributed by atoms with Crippen molar-refractivity contribution in [2.45, 2.75) is 71.9 Å². The van der Waals surface area contributed by atoms with E-state index in [2.05, 4.69) is 18.8 Å². The van der Waals surface area contributed by atoms with Crippen LogP contribution >= 0.6 is 11.3 Å². The summed E-state index contributed by atoms with van der Waals surface area (Å²) in [5, 5.41) is 2.55. The molecule has 0 unspecified atom stereocenters. The molecule has 5 rings (SSSR count). The van der Waals surface area contributed by atoms with Crippen LogP contribution in [0.2, 0.25) is 0 Å². The molecule has 4 aliphatic rings. The van der Waals surface area contributed by atoms with Crippen LogP contribution in [-0.4, -0.2) is 34.4 Å². The van der Waals surface area contributed by atoms with Crippen molar-refractivity contribution in [1.82, 2.24) is 9.88 Å². The summed E-state index contributed by atoms with van der Waals surface area (Å²) >= 11 is 1.44. The van der Waals surface area contributed by atoms with Gasteiger partial charge in [0, 0.05) is 11.4 Å². The summed E-state index contributed by atoms with van der Waals surface area (Å²) in [5.74, 6) is 2.20. The highest BCUT2D eigenvalue weighted by Crippen LogP contribution is 2.60. The Labute approximate surface area is 165 Å². The third kappa shape index (κ3) is 3.53. The van der Waals surface area contributed by atoms with Crippen molar-refractivity contribution in [2.24, 2.45) is 23.2 Å². The average molecular weight is 391 g/mol. The van der Waals surface area contributed by atoms with Crippen LogP contribution < -0.4 is 0 Å². The van der Waals surface area contributed by atoms with Crippen LogP contribution in [0.1, 0.15) is 74.8 Å². The van der Waals surface area contributed by atoms with Gasteiger partial charge in [-0.25, -0.2) is 9.78 Å². The fraction of sp³-hybridized carbons (Fsp3) is 0.762. The summed E-state index contributed by atoms with van der Waals surface area (Å²) < 4.78 is 5.03. The lowest BCUT2D eigenvalue weighted by Crippen LogP contribution is -2.55. The first-order valence-corrected chi connectivity index (χ1v) is 11.2. The second kappa shape index (κ2) is 7.19. The lowest BCUT2D eigenvalue weighted by atomic mass is 9.49. The Balaban J connectivity index is 1.51. The topological polar surface area (TPSA) is 59.5 Å². The highest BCUT2D eigenvalue weighted by molar-refractivity contribution is 7.09. The molecule has 0 radical (unpaired) electrons. The molecular weight excluding hydrogens is 360 g/mol. The Hall–Kier alpha value is -1.43. The van der Waals surface area contributed by atoms with Crippen molar-refractivity contribution in [3.8, 4) is 0 Å². The van der Waals surface area contributed by atoms with Gasteiger partial charge in [0.25, 0.3) is 0 Å². The van der Waals surface area contributed by atoms with Gasteiger partial charge in [-0.3, -0.25) is 4.79 Å². The van der Waals surface area contributed by atoms with Crippen LogP contribution in [0.4, 0.5) is 0 Å². The quantitative estimate of drug-likeness (QED) is 0.681. The minimum Gasteiger partial charge on any atom is -0.461 e. The number of nitrogens with zero attached hydrogens (tertiary/aromatic N) is 2. The molecule has 4 aliphatic carbocycles. The number of thiazole rings is 1. The molecule has 4 bridgehead atoms. The second-order valence-electron chi connectivity index (χ2n) is 9.07. The zero-order valence-electron chi connectivity index (χ0n) is 16.6. The maximum atomic E-state index is 13.7. The molecule has 0 aromatic carbocycles. The van der Waals surface area contributed by atoms with Gasteiger partial charge in [-0.1, -0.05) is 0 Å². The number of hydrogen-bond donors (Lipinski definition) is 0. The number of ether oxygens (including phenoxy) is 1. The Bertz CT molecular complexity index is 691. The zero-order chi connectivity index (χ0) is 19.2. The highest BCUT2D eigenvalue weighted by Gasteiger charge is 2.55. The van der Waals surface area contributed by atoms with Crippen molar-refractivity contribution in [1.29, 1.82) is 0 Å². The van der Waals surface area contributed by atoms with E-state index in [1.54, 1.807) is 12.3 Å². The maximum absolute atomic E-state index is 13.7. The molecule has 4 saturated carbocycles. The fourth-order valence-corrected chi connectivity index (χ4v) is 6.76. The molecule has 27 heavy (non-hydrogen) atoms. The van der Waals surface area contributed by atoms with E-state index >= 15 is 0 Å². The highest BCUT2D eigenvalue weighted by atomic mass is 32.1. The van der Waals surface area contributed by atoms with Crippen molar-refractivity contribution in [3.63, 3.8) is 0 Å². The average Bonchev–Trinajstić information content (AvgIpc) is 3.07. The van der Waals surface area contributed by atoms with E-state index in [1.165, 1.54) is 30.6 Å². The summed E-state index contributed by atoms with van der Waals surface area (Å²) in [6.45, 7) is 6.78. The van der Waals surface area contributed by atoms with E-state index in [4.69, 9.17) is 4.74 Å². The van der Waals surface area contributed by atoms with Crippen molar-refractivity contribution in [2.75, 3.05) is 6.61 Å². The minimum atomic E-state index is -0.386. The van der Waals surface area contributed by atoms with E-state index in [0.717, 1.165) is 42.0 Å². The Morgan fingerprint density at radius 1 is 1.22 bits per heavy atom. The summed E-state index contributed by atoms with van der Waals surface area (Å²) in [6.07, 6.45) is 7.24. The van der Waals surface area contributed by atoms with E-state index in [-0.39, 0.29) is 17.4 Å². The van der Waals surface area contributed by atoms with Crippen molar-refractivity contribution >= 4 is 23.2 Å². The summed E-state index contributed by atoms with van der Waals surface area (Å²) in [7, 11) is 0. The fourth-order valence-electron chi connectivity index (χ4n) is 5.99. The number of rotatable bonds is 6. The van der Waals surface area contributed by atoms with Crippen LogP contribution in [0.3, 0.4) is 0 Å². The molecule has 0 aliphatic heterocycles. The molecule has 0 saturated heterocycles. The molecule has 1 aromatic heterocycles. The number of amides is 1. The van der Waals surface area contributed by atoms with E-state index in [0.29, 0.717) is 24.8 Å². The molecule has 1 heterocycles. The number of carbonyl (C=O) groups excluding carboxylic acids is 2. The second-order valence-corrected chi connectivity index (χ2v) is 10.0. The van der Waals surface area contributed by atoms with Gasteiger partial charge in [-0.15, -0.1) is 11.3 Å². The minimum absolute atomic E-state index is 0.125. The van der Waals surface area contributed by atoms with Gasteiger partial charge in [0.05, 0.1) is 18.6 Å². The Kier molecular flexibility index (Phi) is 5.04. The molecule has 148 valence electrons. The third-order valence-corrected chi connectivity index (χ3v) is 7.55. The van der Waals surface area contributed by atoms with Gasteiger partial charge in [0.2, 0.25) is 5.91 Å². The van der Waals surface area contributed by atoms with Crippen LogP contribution in [0.5, 0.6) is 0 Å². The van der Waals surface area contributed by atoms with Gasteiger partial charge < -0.3 is 9.64 Å². The molecule has 0 atom stereocenters. The third-order valence-electron chi connectivity index (χ3n) is 6.72. The van der Waals surface area contributed by atoms with Gasteiger partial charge in [-0.2, -0.15) is 0 Å². The van der Waals surface area contributed by atoms with E-state index in [9.17, 15) is 9.59 Å². The van der Waals surface area contributed by atoms with Crippen molar-refractivity contribution < 1.29 is 14.3 Å². The monoisotopic (exact) mass is 390 g/mol. The smallest absolute Gasteiger partial charge is 0.357 e. The molecule has 5 nitrogen and oxygen atoms in total. The maximum Gasteiger partial charge on any atom is 0.357 e. The predicted octanol–water partition coefficient (Wildman–Crippen LogP) is 4.27. The van der Waals surface area contributed by atoms with Gasteiger partial charge >= 0.3 is 5.97 Å². The molecule has 0 spiro atoms. The van der Waals surface area contributed by atoms with Crippen LogP contribution in [0.25, 0.3) is 0 Å². The normalized spacial score (nSPS) is 31.3. The number of hydrogen-bond acceptors (Lipinski definition) is 5. The van der Waals surface area contributed by atoms with Gasteiger partial charge in [0.15, 0.2) is 5.69 Å². The summed E-state index contributed by atoms with van der Waals surface area (Å²) in [4.78, 5) is 32.0. The van der Waals surface area contributed by atoms with Gasteiger partial charge in [-0.05, 0) is 77.0 Å². The lowest BCUT2D eigenvalue weighted by Gasteiger charge is -2.56. The van der Waals surface area contributed by atoms with E-state index in [1.807, 2.05) is 4.90 Å². The molecule has 1 aromatic rings. The van der Waals surface area contributed by atoms with Crippen LogP contribution in [-0.2, 0) is 16.1 Å². The van der Waals surface area contributed by atoms with Crippen LogP contribution in [0.15, 0.2) is 5.38 Å². The zero-order valence-corrected chi connectivity index (χ0v) is 17.4. The standard InChI is InChI=1S/C21H30N2O3S/c1-4-26-19(24)17-12-27-18(22-17)11-23(13(2)3)20(25)21-8-14-5-15(9-21)7-16(6-14)10-21/h12-16H,4-11H2,1-3H3. The Morgan fingerprint density at radius 3 is 2.33 bits per heavy atom. The molecule has 0 N–H and O–H groups in total. The number of esters is 1. The van der Waals surface area contributed by atoms with Gasteiger partial charge in [0.1, 0.15) is 5.01 Å². The Morgan fingerprint density at radius 2 is 1.81 bits per heavy atom. The molecule has 1 amide bonds. The molecular formula is C21H30N2O3S. The van der Waals surface area contributed by atoms with Crippen LogP contribution in [0, 0.1) is 23.2 Å². The first kappa shape index (κ1) is 18.9. The largest absolute Gasteiger partial charge is 0.461 e. The predicted molar refractivity (Wildman–Crippen MR) is 104 cm³/mol. The first-order chi connectivity index (χ1) is 12.9.